The van der Waals surface area contributed by atoms with Gasteiger partial charge in [-0.25, -0.2) is 0 Å². The van der Waals surface area contributed by atoms with Gasteiger partial charge in [0.15, 0.2) is 0 Å². The summed E-state index contributed by atoms with van der Waals surface area (Å²) in [6.07, 6.45) is 1.50. The molecule has 1 heterocycles. The number of anilines is 1. The Kier molecular flexibility index (Phi) is 3.12. The Labute approximate surface area is 96.0 Å². The van der Waals surface area contributed by atoms with Gasteiger partial charge in [0.25, 0.3) is 0 Å². The molecule has 2 rings (SSSR count). The Hall–Kier alpha value is -1.53. The molecule has 0 bridgehead atoms. The Balaban J connectivity index is 2.19. The first-order chi connectivity index (χ1) is 7.76. The fourth-order valence-electron chi connectivity index (χ4n) is 1.96. The minimum atomic E-state index is -0.454. The molecule has 0 radical (unpaired) electrons. The number of rotatable bonds is 2. The zero-order valence-corrected chi connectivity index (χ0v) is 9.49. The SMILES string of the molecule is Cc1ccccc1NC1(C#N)CCOCC1. The first-order valence-corrected chi connectivity index (χ1v) is 5.59. The largest absolute Gasteiger partial charge is 0.381 e. The lowest BCUT2D eigenvalue weighted by molar-refractivity contribution is 0.0753. The topological polar surface area (TPSA) is 45.0 Å². The maximum atomic E-state index is 9.33. The Morgan fingerprint density at radius 2 is 2.00 bits per heavy atom. The number of benzene rings is 1. The van der Waals surface area contributed by atoms with E-state index in [0.29, 0.717) is 13.2 Å². The molecule has 16 heavy (non-hydrogen) atoms. The van der Waals surface area contributed by atoms with Crippen LogP contribution in [0.4, 0.5) is 5.69 Å². The molecule has 1 aliphatic rings. The number of para-hydroxylation sites is 1. The minimum Gasteiger partial charge on any atom is -0.381 e. The third-order valence-corrected chi connectivity index (χ3v) is 3.08. The summed E-state index contributed by atoms with van der Waals surface area (Å²) in [7, 11) is 0. The number of hydrogen-bond donors (Lipinski definition) is 1. The molecule has 0 saturated carbocycles. The van der Waals surface area contributed by atoms with Crippen molar-refractivity contribution < 1.29 is 4.74 Å². The van der Waals surface area contributed by atoms with Crippen molar-refractivity contribution in [2.24, 2.45) is 0 Å². The number of ether oxygens (including phenoxy) is 1. The molecule has 0 amide bonds. The molecule has 0 aliphatic carbocycles. The van der Waals surface area contributed by atoms with Crippen molar-refractivity contribution in [2.45, 2.75) is 25.3 Å². The van der Waals surface area contributed by atoms with Gasteiger partial charge in [0.2, 0.25) is 0 Å². The van der Waals surface area contributed by atoms with Gasteiger partial charge in [-0.2, -0.15) is 5.26 Å². The lowest BCUT2D eigenvalue weighted by Crippen LogP contribution is -2.42. The molecule has 1 fully saturated rings. The summed E-state index contributed by atoms with van der Waals surface area (Å²) in [6, 6.07) is 10.5. The lowest BCUT2D eigenvalue weighted by atomic mass is 9.91. The Morgan fingerprint density at radius 3 is 2.62 bits per heavy atom. The molecule has 1 aliphatic heterocycles. The molecular formula is C13H16N2O. The van der Waals surface area contributed by atoms with Crippen LogP contribution >= 0.6 is 0 Å². The van der Waals surface area contributed by atoms with Crippen LogP contribution in [0.25, 0.3) is 0 Å². The van der Waals surface area contributed by atoms with Crippen LogP contribution in [0, 0.1) is 18.3 Å². The van der Waals surface area contributed by atoms with Crippen molar-refractivity contribution >= 4 is 5.69 Å². The number of nitrogens with zero attached hydrogens (tertiary/aromatic N) is 1. The summed E-state index contributed by atoms with van der Waals surface area (Å²) < 4.78 is 5.30. The average Bonchev–Trinajstić information content (AvgIpc) is 2.33. The van der Waals surface area contributed by atoms with E-state index >= 15 is 0 Å². The zero-order chi connectivity index (χ0) is 11.4. The predicted octanol–water partition coefficient (Wildman–Crippen LogP) is 2.48. The average molecular weight is 216 g/mol. The maximum Gasteiger partial charge on any atom is 0.129 e. The summed E-state index contributed by atoms with van der Waals surface area (Å²) in [5.41, 5.74) is 1.76. The molecule has 1 saturated heterocycles. The van der Waals surface area contributed by atoms with Crippen LogP contribution < -0.4 is 5.32 Å². The van der Waals surface area contributed by atoms with Crippen LogP contribution in [-0.4, -0.2) is 18.8 Å². The fourth-order valence-corrected chi connectivity index (χ4v) is 1.96. The van der Waals surface area contributed by atoms with E-state index in [-0.39, 0.29) is 0 Å². The van der Waals surface area contributed by atoms with Crippen molar-refractivity contribution in [3.8, 4) is 6.07 Å². The number of nitrogens with one attached hydrogen (secondary N) is 1. The van der Waals surface area contributed by atoms with Gasteiger partial charge in [-0.1, -0.05) is 18.2 Å². The van der Waals surface area contributed by atoms with Crippen molar-refractivity contribution in [1.82, 2.24) is 0 Å². The highest BCUT2D eigenvalue weighted by molar-refractivity contribution is 5.53. The van der Waals surface area contributed by atoms with Gasteiger partial charge in [-0.15, -0.1) is 0 Å². The van der Waals surface area contributed by atoms with Crippen molar-refractivity contribution in [2.75, 3.05) is 18.5 Å². The van der Waals surface area contributed by atoms with Gasteiger partial charge in [0, 0.05) is 31.7 Å². The third kappa shape index (κ3) is 2.17. The van der Waals surface area contributed by atoms with E-state index in [4.69, 9.17) is 4.74 Å². The molecule has 84 valence electrons. The summed E-state index contributed by atoms with van der Waals surface area (Å²) >= 11 is 0. The van der Waals surface area contributed by atoms with E-state index in [1.54, 1.807) is 0 Å². The van der Waals surface area contributed by atoms with Gasteiger partial charge < -0.3 is 10.1 Å². The first-order valence-electron chi connectivity index (χ1n) is 5.59. The van der Waals surface area contributed by atoms with E-state index in [1.807, 2.05) is 31.2 Å². The standard InChI is InChI=1S/C13H16N2O/c1-11-4-2-3-5-12(11)15-13(10-14)6-8-16-9-7-13/h2-5,15H,6-9H2,1H3. The molecule has 3 nitrogen and oxygen atoms in total. The Bertz CT molecular complexity index is 403. The number of nitriles is 1. The second kappa shape index (κ2) is 4.54. The van der Waals surface area contributed by atoms with Gasteiger partial charge in [0.05, 0.1) is 6.07 Å². The highest BCUT2D eigenvalue weighted by Gasteiger charge is 2.32. The van der Waals surface area contributed by atoms with E-state index in [0.717, 1.165) is 18.5 Å². The molecule has 1 N–H and O–H groups in total. The van der Waals surface area contributed by atoms with Crippen LogP contribution in [0.15, 0.2) is 24.3 Å². The molecule has 0 unspecified atom stereocenters. The molecular weight excluding hydrogens is 200 g/mol. The van der Waals surface area contributed by atoms with Crippen molar-refractivity contribution in [1.29, 1.82) is 5.26 Å². The molecule has 1 aromatic rings. The van der Waals surface area contributed by atoms with E-state index in [2.05, 4.69) is 11.4 Å². The van der Waals surface area contributed by atoms with Crippen LogP contribution in [0.3, 0.4) is 0 Å². The first kappa shape index (κ1) is 11.0. The predicted molar refractivity (Wildman–Crippen MR) is 63.2 cm³/mol. The zero-order valence-electron chi connectivity index (χ0n) is 9.49. The highest BCUT2D eigenvalue weighted by atomic mass is 16.5. The summed E-state index contributed by atoms with van der Waals surface area (Å²) in [4.78, 5) is 0. The molecule has 0 spiro atoms. The molecule has 0 aromatic heterocycles. The monoisotopic (exact) mass is 216 g/mol. The van der Waals surface area contributed by atoms with Gasteiger partial charge >= 0.3 is 0 Å². The van der Waals surface area contributed by atoms with Crippen LogP contribution in [0.2, 0.25) is 0 Å². The van der Waals surface area contributed by atoms with Crippen molar-refractivity contribution in [3.05, 3.63) is 29.8 Å². The lowest BCUT2D eigenvalue weighted by Gasteiger charge is -2.33. The van der Waals surface area contributed by atoms with Crippen LogP contribution in [0.5, 0.6) is 0 Å². The minimum absolute atomic E-state index is 0.454. The highest BCUT2D eigenvalue weighted by Crippen LogP contribution is 2.26. The normalized spacial score (nSPS) is 18.8. The van der Waals surface area contributed by atoms with Crippen molar-refractivity contribution in [3.63, 3.8) is 0 Å². The second-order valence-corrected chi connectivity index (χ2v) is 4.25. The van der Waals surface area contributed by atoms with E-state index in [1.165, 1.54) is 5.56 Å². The van der Waals surface area contributed by atoms with Crippen LogP contribution in [0.1, 0.15) is 18.4 Å². The second-order valence-electron chi connectivity index (χ2n) is 4.25. The summed E-state index contributed by atoms with van der Waals surface area (Å²) in [5, 5.41) is 12.7. The number of aryl methyl sites for hydroxylation is 1. The van der Waals surface area contributed by atoms with Gasteiger partial charge in [-0.05, 0) is 18.6 Å². The van der Waals surface area contributed by atoms with E-state index < -0.39 is 5.54 Å². The molecule has 0 atom stereocenters. The quantitative estimate of drug-likeness (QED) is 0.826. The van der Waals surface area contributed by atoms with E-state index in [9.17, 15) is 5.26 Å². The van der Waals surface area contributed by atoms with Gasteiger partial charge in [-0.3, -0.25) is 0 Å². The fraction of sp³-hybridized carbons (Fsp3) is 0.462. The van der Waals surface area contributed by atoms with Gasteiger partial charge in [0.1, 0.15) is 5.54 Å². The third-order valence-electron chi connectivity index (χ3n) is 3.08. The number of hydrogen-bond acceptors (Lipinski definition) is 3. The smallest absolute Gasteiger partial charge is 0.129 e. The summed E-state index contributed by atoms with van der Waals surface area (Å²) in [5.74, 6) is 0. The molecule has 1 aromatic carbocycles. The Morgan fingerprint density at radius 1 is 1.31 bits per heavy atom. The summed E-state index contributed by atoms with van der Waals surface area (Å²) in [6.45, 7) is 3.37. The van der Waals surface area contributed by atoms with Crippen LogP contribution in [-0.2, 0) is 4.74 Å². The molecule has 3 heteroatoms. The maximum absolute atomic E-state index is 9.33.